The van der Waals surface area contributed by atoms with E-state index in [1.165, 1.54) is 9.80 Å². The van der Waals surface area contributed by atoms with Gasteiger partial charge < -0.3 is 14.7 Å². The van der Waals surface area contributed by atoms with Crippen molar-refractivity contribution in [3.8, 4) is 0 Å². The van der Waals surface area contributed by atoms with Gasteiger partial charge in [-0.05, 0) is 25.5 Å². The number of carboxylic acid groups (broad SMARTS) is 1. The maximum atomic E-state index is 12.6. The topological polar surface area (TPSA) is 70.1 Å². The monoisotopic (exact) mass is 292 g/mol. The van der Waals surface area contributed by atoms with Crippen molar-refractivity contribution >= 4 is 17.7 Å². The molecule has 0 aromatic heterocycles. The Labute approximate surface area is 123 Å². The highest BCUT2D eigenvalue weighted by Gasteiger charge is 2.34. The minimum atomic E-state index is -1.04. The van der Waals surface area contributed by atoms with Crippen LogP contribution < -0.4 is 4.90 Å². The number of hydrogen-bond acceptors (Lipinski definition) is 3. The number of nitrogens with zero attached hydrogens (tertiary/aromatic N) is 2. The molecule has 1 atom stereocenters. The number of aryl methyl sites for hydroxylation is 2. The lowest BCUT2D eigenvalue weighted by Gasteiger charge is -2.35. The number of morpholine rings is 1. The first kappa shape index (κ1) is 15.3. The van der Waals surface area contributed by atoms with Gasteiger partial charge in [0.05, 0.1) is 13.2 Å². The van der Waals surface area contributed by atoms with E-state index in [4.69, 9.17) is 4.74 Å². The maximum Gasteiger partial charge on any atom is 0.328 e. The molecule has 1 N–H and O–H groups in total. The van der Waals surface area contributed by atoms with Gasteiger partial charge >= 0.3 is 12.0 Å². The quantitative estimate of drug-likeness (QED) is 0.899. The van der Waals surface area contributed by atoms with Gasteiger partial charge in [-0.1, -0.05) is 17.7 Å². The molecule has 1 heterocycles. The van der Waals surface area contributed by atoms with Crippen molar-refractivity contribution in [1.82, 2.24) is 4.90 Å². The number of carboxylic acids is 1. The zero-order chi connectivity index (χ0) is 15.6. The van der Waals surface area contributed by atoms with Crippen molar-refractivity contribution < 1.29 is 19.4 Å². The van der Waals surface area contributed by atoms with Crippen LogP contribution in [0.3, 0.4) is 0 Å². The molecule has 0 bridgehead atoms. The number of anilines is 1. The van der Waals surface area contributed by atoms with E-state index in [0.717, 1.165) is 16.8 Å². The molecule has 6 nitrogen and oxygen atoms in total. The first-order chi connectivity index (χ1) is 9.91. The lowest BCUT2D eigenvalue weighted by Crippen LogP contribution is -2.56. The molecular formula is C15H20N2O4. The molecule has 1 aromatic carbocycles. The Kier molecular flexibility index (Phi) is 4.47. The summed E-state index contributed by atoms with van der Waals surface area (Å²) in [6, 6.07) is 4.54. The van der Waals surface area contributed by atoms with Gasteiger partial charge in [-0.3, -0.25) is 4.90 Å². The summed E-state index contributed by atoms with van der Waals surface area (Å²) in [5.41, 5.74) is 2.87. The van der Waals surface area contributed by atoms with Gasteiger partial charge in [0.1, 0.15) is 0 Å². The number of carbonyl (C=O) groups is 2. The summed E-state index contributed by atoms with van der Waals surface area (Å²) in [7, 11) is 1.66. The minimum Gasteiger partial charge on any atom is -0.480 e. The largest absolute Gasteiger partial charge is 0.480 e. The Balaban J connectivity index is 2.23. The zero-order valence-corrected chi connectivity index (χ0v) is 12.5. The molecule has 0 spiro atoms. The van der Waals surface area contributed by atoms with E-state index in [1.54, 1.807) is 7.05 Å². The van der Waals surface area contributed by atoms with Gasteiger partial charge in [-0.2, -0.15) is 0 Å². The molecule has 1 unspecified atom stereocenters. The molecule has 2 rings (SSSR count). The van der Waals surface area contributed by atoms with Crippen molar-refractivity contribution in [3.63, 3.8) is 0 Å². The van der Waals surface area contributed by atoms with E-state index in [-0.39, 0.29) is 19.2 Å². The molecule has 0 radical (unpaired) electrons. The second-order valence-electron chi connectivity index (χ2n) is 5.25. The van der Waals surface area contributed by atoms with Crippen LogP contribution in [0.5, 0.6) is 0 Å². The van der Waals surface area contributed by atoms with Gasteiger partial charge in [0.15, 0.2) is 6.04 Å². The number of carbonyl (C=O) groups excluding carboxylic acids is 1. The van der Waals surface area contributed by atoms with Crippen LogP contribution >= 0.6 is 0 Å². The van der Waals surface area contributed by atoms with Crippen molar-refractivity contribution in [2.75, 3.05) is 31.7 Å². The molecule has 1 fully saturated rings. The zero-order valence-electron chi connectivity index (χ0n) is 12.5. The van der Waals surface area contributed by atoms with E-state index in [9.17, 15) is 14.7 Å². The highest BCUT2D eigenvalue weighted by Crippen LogP contribution is 2.22. The van der Waals surface area contributed by atoms with Crippen molar-refractivity contribution in [3.05, 3.63) is 29.3 Å². The van der Waals surface area contributed by atoms with E-state index >= 15 is 0 Å². The summed E-state index contributed by atoms with van der Waals surface area (Å²) >= 11 is 0. The summed E-state index contributed by atoms with van der Waals surface area (Å²) in [5, 5.41) is 9.21. The summed E-state index contributed by atoms with van der Waals surface area (Å²) in [5.74, 6) is -1.04. The third-order valence-electron chi connectivity index (χ3n) is 3.66. The van der Waals surface area contributed by atoms with Crippen molar-refractivity contribution in [1.29, 1.82) is 0 Å². The molecular weight excluding hydrogens is 272 g/mol. The number of aliphatic carboxylic acids is 1. The number of rotatable bonds is 2. The van der Waals surface area contributed by atoms with Crippen LogP contribution in [0.1, 0.15) is 11.1 Å². The van der Waals surface area contributed by atoms with Crippen LogP contribution in [-0.4, -0.2) is 54.9 Å². The van der Waals surface area contributed by atoms with Gasteiger partial charge in [0.25, 0.3) is 0 Å². The summed E-state index contributed by atoms with van der Waals surface area (Å²) in [4.78, 5) is 26.7. The van der Waals surface area contributed by atoms with E-state index in [2.05, 4.69) is 0 Å². The molecule has 1 aliphatic rings. The predicted molar refractivity (Wildman–Crippen MR) is 78.7 cm³/mol. The number of urea groups is 1. The van der Waals surface area contributed by atoms with E-state index in [1.807, 2.05) is 32.0 Å². The van der Waals surface area contributed by atoms with E-state index < -0.39 is 12.0 Å². The minimum absolute atomic E-state index is 0.0296. The summed E-state index contributed by atoms with van der Waals surface area (Å²) in [6.45, 7) is 4.59. The lowest BCUT2D eigenvalue weighted by molar-refractivity contribution is -0.147. The molecule has 6 heteroatoms. The van der Waals surface area contributed by atoms with Gasteiger partial charge in [-0.25, -0.2) is 9.59 Å². The molecule has 21 heavy (non-hydrogen) atoms. The molecule has 114 valence electrons. The Morgan fingerprint density at radius 2 is 2.10 bits per heavy atom. The second kappa shape index (κ2) is 6.13. The average Bonchev–Trinajstić information content (AvgIpc) is 2.45. The van der Waals surface area contributed by atoms with Crippen molar-refractivity contribution in [2.24, 2.45) is 0 Å². The second-order valence-corrected chi connectivity index (χ2v) is 5.25. The number of amides is 2. The fourth-order valence-electron chi connectivity index (χ4n) is 2.51. The van der Waals surface area contributed by atoms with Crippen LogP contribution in [0.4, 0.5) is 10.5 Å². The standard InChI is InChI=1S/C15H20N2O4/c1-10-4-5-12(11(2)8-10)16(3)15(20)17-6-7-21-9-13(17)14(18)19/h4-5,8,13H,6-7,9H2,1-3H3,(H,18,19). The van der Waals surface area contributed by atoms with E-state index in [0.29, 0.717) is 6.61 Å². The highest BCUT2D eigenvalue weighted by molar-refractivity contribution is 5.94. The third-order valence-corrected chi connectivity index (χ3v) is 3.66. The Hall–Kier alpha value is -2.08. The van der Waals surface area contributed by atoms with Crippen LogP contribution in [0, 0.1) is 13.8 Å². The molecule has 2 amide bonds. The van der Waals surface area contributed by atoms with Crippen molar-refractivity contribution in [2.45, 2.75) is 19.9 Å². The third kappa shape index (κ3) is 3.16. The van der Waals surface area contributed by atoms with Gasteiger partial charge in [0.2, 0.25) is 0 Å². The fourth-order valence-corrected chi connectivity index (χ4v) is 2.51. The summed E-state index contributed by atoms with van der Waals surface area (Å²) < 4.78 is 5.16. The molecule has 1 aromatic rings. The first-order valence-corrected chi connectivity index (χ1v) is 6.84. The Morgan fingerprint density at radius 3 is 2.71 bits per heavy atom. The highest BCUT2D eigenvalue weighted by atomic mass is 16.5. The SMILES string of the molecule is Cc1ccc(N(C)C(=O)N2CCOCC2C(=O)O)c(C)c1. The lowest BCUT2D eigenvalue weighted by atomic mass is 10.1. The average molecular weight is 292 g/mol. The maximum absolute atomic E-state index is 12.6. The van der Waals surface area contributed by atoms with Gasteiger partial charge in [-0.15, -0.1) is 0 Å². The number of hydrogen-bond donors (Lipinski definition) is 1. The van der Waals surface area contributed by atoms with Crippen LogP contribution in [-0.2, 0) is 9.53 Å². The Bertz CT molecular complexity index is 559. The smallest absolute Gasteiger partial charge is 0.328 e. The molecule has 0 aliphatic carbocycles. The summed E-state index contributed by atoms with van der Waals surface area (Å²) in [6.07, 6.45) is 0. The van der Waals surface area contributed by atoms with Gasteiger partial charge in [0, 0.05) is 19.3 Å². The molecule has 1 aliphatic heterocycles. The molecule has 1 saturated heterocycles. The number of ether oxygens (including phenoxy) is 1. The fraction of sp³-hybridized carbons (Fsp3) is 0.467. The van der Waals surface area contributed by atoms with Crippen LogP contribution in [0.2, 0.25) is 0 Å². The van der Waals surface area contributed by atoms with Crippen LogP contribution in [0.25, 0.3) is 0 Å². The normalized spacial score (nSPS) is 18.4. The molecule has 0 saturated carbocycles. The number of benzene rings is 1. The first-order valence-electron chi connectivity index (χ1n) is 6.84. The predicted octanol–water partition coefficient (Wildman–Crippen LogP) is 1.65. The van der Waals surface area contributed by atoms with Crippen LogP contribution in [0.15, 0.2) is 18.2 Å². The Morgan fingerprint density at radius 1 is 1.38 bits per heavy atom.